The number of nitrogens with one attached hydrogen (secondary N) is 1. The van der Waals surface area contributed by atoms with E-state index in [1.807, 2.05) is 42.5 Å². The number of hydrogen-bond donors (Lipinski definition) is 1. The van der Waals surface area contributed by atoms with Crippen LogP contribution >= 0.6 is 22.9 Å². The molecule has 0 unspecified atom stereocenters. The average Bonchev–Trinajstić information content (AvgIpc) is 3.46. The second kappa shape index (κ2) is 10.4. The highest BCUT2D eigenvalue weighted by Crippen LogP contribution is 2.32. The molecular weight excluding hydrogens is 462 g/mol. The minimum Gasteiger partial charge on any atom is -0.462 e. The monoisotopic (exact) mass is 481 g/mol. The van der Waals surface area contributed by atoms with E-state index in [1.165, 1.54) is 0 Å². The first kappa shape index (κ1) is 22.7. The van der Waals surface area contributed by atoms with Crippen molar-refractivity contribution < 1.29 is 18.7 Å². The summed E-state index contributed by atoms with van der Waals surface area (Å²) in [4.78, 5) is 34.0. The summed E-state index contributed by atoms with van der Waals surface area (Å²) in [5.41, 5.74) is 2.10. The Bertz CT molecular complexity index is 1250. The largest absolute Gasteiger partial charge is 0.462 e. The van der Waals surface area contributed by atoms with Crippen molar-refractivity contribution in [2.75, 3.05) is 11.9 Å². The highest BCUT2D eigenvalue weighted by molar-refractivity contribution is 7.18. The van der Waals surface area contributed by atoms with Crippen molar-refractivity contribution in [3.8, 4) is 22.6 Å². The second-order valence-electron chi connectivity index (χ2n) is 6.96. The van der Waals surface area contributed by atoms with Crippen LogP contribution in [0.2, 0.25) is 5.02 Å². The van der Waals surface area contributed by atoms with Gasteiger partial charge in [0.25, 0.3) is 0 Å². The van der Waals surface area contributed by atoms with E-state index in [4.69, 9.17) is 20.8 Å². The lowest BCUT2D eigenvalue weighted by Crippen LogP contribution is -2.12. The molecule has 1 N–H and O–H groups in total. The normalized spacial score (nSPS) is 10.7. The van der Waals surface area contributed by atoms with Gasteiger partial charge in [-0.1, -0.05) is 53.3 Å². The number of halogens is 1. The lowest BCUT2D eigenvalue weighted by Gasteiger charge is -2.01. The number of amides is 1. The van der Waals surface area contributed by atoms with E-state index in [0.717, 1.165) is 22.5 Å². The fraction of sp³-hybridized carbons (Fsp3) is 0.167. The molecule has 0 radical (unpaired) electrons. The number of anilines is 1. The molecule has 0 bridgehead atoms. The molecule has 2 aromatic carbocycles. The fourth-order valence-electron chi connectivity index (χ4n) is 3.08. The highest BCUT2D eigenvalue weighted by atomic mass is 35.5. The van der Waals surface area contributed by atoms with Gasteiger partial charge in [-0.2, -0.15) is 0 Å². The van der Waals surface area contributed by atoms with E-state index < -0.39 is 5.97 Å². The van der Waals surface area contributed by atoms with Crippen molar-refractivity contribution in [3.63, 3.8) is 0 Å². The number of esters is 1. The molecule has 0 aliphatic carbocycles. The van der Waals surface area contributed by atoms with Crippen molar-refractivity contribution in [1.82, 2.24) is 9.97 Å². The van der Waals surface area contributed by atoms with Crippen LogP contribution in [0, 0.1) is 0 Å². The van der Waals surface area contributed by atoms with Gasteiger partial charge in [0.15, 0.2) is 16.8 Å². The van der Waals surface area contributed by atoms with E-state index in [9.17, 15) is 9.59 Å². The molecule has 1 amide bonds. The summed E-state index contributed by atoms with van der Waals surface area (Å²) >= 11 is 7.00. The fourth-order valence-corrected chi connectivity index (χ4v) is 4.10. The molecule has 7 nitrogen and oxygen atoms in total. The molecule has 0 aliphatic rings. The number of carbonyl (C=O) groups is 2. The maximum absolute atomic E-state index is 12.5. The molecule has 2 heterocycles. The smallest absolute Gasteiger partial charge is 0.350 e. The molecule has 168 valence electrons. The molecular formula is C24H20ClN3O4S. The number of thiazole rings is 1. The van der Waals surface area contributed by atoms with Crippen LogP contribution in [-0.4, -0.2) is 28.5 Å². The number of aryl methyl sites for hydroxylation is 1. The molecule has 33 heavy (non-hydrogen) atoms. The first-order chi connectivity index (χ1) is 16.0. The number of rotatable bonds is 8. The van der Waals surface area contributed by atoms with E-state index in [1.54, 1.807) is 25.3 Å². The molecule has 0 atom stereocenters. The Labute approximate surface area is 199 Å². The summed E-state index contributed by atoms with van der Waals surface area (Å²) in [5.74, 6) is 0.328. The van der Waals surface area contributed by atoms with Gasteiger partial charge in [0.1, 0.15) is 4.88 Å². The van der Waals surface area contributed by atoms with Crippen molar-refractivity contribution in [1.29, 1.82) is 0 Å². The predicted octanol–water partition coefficient (Wildman–Crippen LogP) is 5.87. The van der Waals surface area contributed by atoms with Crippen molar-refractivity contribution in [3.05, 3.63) is 76.6 Å². The van der Waals surface area contributed by atoms with Crippen LogP contribution in [0.4, 0.5) is 5.13 Å². The van der Waals surface area contributed by atoms with Gasteiger partial charge in [0.2, 0.25) is 5.91 Å². The second-order valence-corrected chi connectivity index (χ2v) is 8.39. The summed E-state index contributed by atoms with van der Waals surface area (Å²) in [6, 6.07) is 16.5. The van der Waals surface area contributed by atoms with Gasteiger partial charge in [-0.05, 0) is 31.2 Å². The summed E-state index contributed by atoms with van der Waals surface area (Å²) in [5, 5.41) is 3.73. The molecule has 4 aromatic rings. The van der Waals surface area contributed by atoms with Gasteiger partial charge in [0, 0.05) is 29.0 Å². The minimum absolute atomic E-state index is 0.148. The number of aromatic nitrogens is 2. The maximum atomic E-state index is 12.5. The number of ether oxygens (including phenoxy) is 1. The number of oxazole rings is 1. The Kier molecular flexibility index (Phi) is 7.16. The third-order valence-electron chi connectivity index (χ3n) is 4.63. The molecule has 0 aliphatic heterocycles. The Balaban J connectivity index is 1.42. The van der Waals surface area contributed by atoms with Gasteiger partial charge in [-0.25, -0.2) is 14.8 Å². The maximum Gasteiger partial charge on any atom is 0.350 e. The van der Waals surface area contributed by atoms with E-state index in [2.05, 4.69) is 15.3 Å². The minimum atomic E-state index is -0.469. The standard InChI is InChI=1S/C24H20ClN3O4S/c1-2-31-23(30)22-21(16-6-4-3-5-7-16)28-24(33-22)27-19(29)12-13-20-26-14-18(32-20)15-8-10-17(25)11-9-15/h3-11,14H,2,12-13H2,1H3,(H,27,28,29). The van der Waals surface area contributed by atoms with Crippen LogP contribution in [0.15, 0.2) is 65.2 Å². The van der Waals surface area contributed by atoms with Gasteiger partial charge in [0.05, 0.1) is 18.5 Å². The number of benzene rings is 2. The first-order valence-electron chi connectivity index (χ1n) is 10.3. The Hall–Kier alpha value is -3.49. The molecule has 2 aromatic heterocycles. The van der Waals surface area contributed by atoms with Crippen molar-refractivity contribution >= 4 is 39.9 Å². The van der Waals surface area contributed by atoms with E-state index >= 15 is 0 Å². The molecule has 0 fully saturated rings. The Morgan fingerprint density at radius 1 is 1.09 bits per heavy atom. The Morgan fingerprint density at radius 2 is 1.85 bits per heavy atom. The molecule has 0 saturated heterocycles. The third-order valence-corrected chi connectivity index (χ3v) is 5.83. The van der Waals surface area contributed by atoms with Crippen LogP contribution in [0.5, 0.6) is 0 Å². The summed E-state index contributed by atoms with van der Waals surface area (Å²) in [6.07, 6.45) is 2.09. The van der Waals surface area contributed by atoms with Crippen molar-refractivity contribution in [2.24, 2.45) is 0 Å². The Morgan fingerprint density at radius 3 is 2.58 bits per heavy atom. The zero-order valence-electron chi connectivity index (χ0n) is 17.7. The lowest BCUT2D eigenvalue weighted by molar-refractivity contribution is -0.116. The highest BCUT2D eigenvalue weighted by Gasteiger charge is 2.21. The molecule has 0 spiro atoms. The van der Waals surface area contributed by atoms with Gasteiger partial charge < -0.3 is 14.5 Å². The van der Waals surface area contributed by atoms with E-state index in [-0.39, 0.29) is 18.9 Å². The first-order valence-corrected chi connectivity index (χ1v) is 11.5. The molecule has 0 saturated carbocycles. The number of nitrogens with zero attached hydrogens (tertiary/aromatic N) is 2. The molecule has 9 heteroatoms. The van der Waals surface area contributed by atoms with Gasteiger partial charge in [-0.3, -0.25) is 4.79 Å². The summed E-state index contributed by atoms with van der Waals surface area (Å²) < 4.78 is 10.9. The topological polar surface area (TPSA) is 94.3 Å². The SMILES string of the molecule is CCOC(=O)c1sc(NC(=O)CCc2ncc(-c3ccc(Cl)cc3)o2)nc1-c1ccccc1. The van der Waals surface area contributed by atoms with Crippen molar-refractivity contribution in [2.45, 2.75) is 19.8 Å². The van der Waals surface area contributed by atoms with Crippen LogP contribution in [-0.2, 0) is 16.0 Å². The van der Waals surface area contributed by atoms with Gasteiger partial charge in [-0.15, -0.1) is 0 Å². The van der Waals surface area contributed by atoms with Crippen LogP contribution in [0.25, 0.3) is 22.6 Å². The quantitative estimate of drug-likeness (QED) is 0.316. The predicted molar refractivity (Wildman–Crippen MR) is 127 cm³/mol. The lowest BCUT2D eigenvalue weighted by atomic mass is 10.1. The van der Waals surface area contributed by atoms with Crippen LogP contribution in [0.3, 0.4) is 0 Å². The zero-order chi connectivity index (χ0) is 23.2. The average molecular weight is 482 g/mol. The summed E-state index contributed by atoms with van der Waals surface area (Å²) in [7, 11) is 0. The number of hydrogen-bond acceptors (Lipinski definition) is 7. The van der Waals surface area contributed by atoms with Gasteiger partial charge >= 0.3 is 5.97 Å². The van der Waals surface area contributed by atoms with E-state index in [0.29, 0.717) is 38.8 Å². The summed E-state index contributed by atoms with van der Waals surface area (Å²) in [6.45, 7) is 1.99. The van der Waals surface area contributed by atoms with Crippen LogP contribution in [0.1, 0.15) is 28.9 Å². The number of carbonyl (C=O) groups excluding carboxylic acids is 2. The third kappa shape index (κ3) is 5.66. The molecule has 4 rings (SSSR count). The van der Waals surface area contributed by atoms with Crippen LogP contribution < -0.4 is 5.32 Å². The zero-order valence-corrected chi connectivity index (χ0v) is 19.3.